The molecular formula is C66H57O11S3-. The number of carbonyl (C=O) groups is 2. The lowest BCUT2D eigenvalue weighted by Gasteiger charge is -2.14. The molecule has 0 bridgehead atoms. The maximum Gasteiger partial charge on any atom is 0.425 e. The Hall–Kier alpha value is -8.50. The SMILES string of the molecule is CCC(CC)CC.Cc1ccc(C2=C(c3ccccc3)C(c3ccccc3)=C(c3ccc(S(=O)(=O)[O-])cc3)C2=O)cc1.O=C1C(c2ccccc2)=C(c2ccccc2)C(c2ccccc2)=C1c1ccc(S(=O)(=O)O)cc1.O=S(=O)=O. The molecule has 406 valence electrons. The molecular weight excluding hydrogens is 1060 g/mol. The van der Waals surface area contributed by atoms with Gasteiger partial charge in [0.25, 0.3) is 10.1 Å². The molecule has 14 heteroatoms. The third-order valence-corrected chi connectivity index (χ3v) is 15.4. The molecule has 11 nitrogen and oxygen atoms in total. The maximum atomic E-state index is 14.1. The summed E-state index contributed by atoms with van der Waals surface area (Å²) in [6.07, 6.45) is 4.06. The van der Waals surface area contributed by atoms with E-state index in [1.807, 2.05) is 183 Å². The second-order valence-electron chi connectivity index (χ2n) is 18.6. The molecule has 1 N–H and O–H groups in total. The Balaban J connectivity index is 0.000000195. The van der Waals surface area contributed by atoms with Crippen LogP contribution in [-0.2, 0) is 40.4 Å². The highest BCUT2D eigenvalue weighted by Crippen LogP contribution is 2.51. The lowest BCUT2D eigenvalue weighted by atomic mass is 9.89. The van der Waals surface area contributed by atoms with Crippen molar-refractivity contribution in [3.8, 4) is 0 Å². The van der Waals surface area contributed by atoms with Gasteiger partial charge in [0.1, 0.15) is 10.1 Å². The van der Waals surface area contributed by atoms with Gasteiger partial charge in [-0.25, -0.2) is 8.42 Å². The molecule has 8 aromatic carbocycles. The number of allylic oxidation sites excluding steroid dienone is 8. The zero-order chi connectivity index (χ0) is 57.6. The summed E-state index contributed by atoms with van der Waals surface area (Å²) in [7, 11) is -12.0. The lowest BCUT2D eigenvalue weighted by molar-refractivity contribution is -0.109. The fraction of sp³-hybridized carbons (Fsp3) is 0.121. The summed E-state index contributed by atoms with van der Waals surface area (Å²) >= 11 is 0. The minimum absolute atomic E-state index is 0.136. The van der Waals surface area contributed by atoms with E-state index < -0.39 is 30.8 Å². The monoisotopic (exact) mass is 1120 g/mol. The number of hydrogen-bond donors (Lipinski definition) is 1. The molecule has 0 aromatic heterocycles. The largest absolute Gasteiger partial charge is 0.744 e. The van der Waals surface area contributed by atoms with Crippen LogP contribution in [0.4, 0.5) is 0 Å². The Bertz CT molecular complexity index is 3960. The number of Topliss-reactive ketones (excluding diaryl/α,β-unsaturated/α-hetero) is 2. The van der Waals surface area contributed by atoms with Crippen LogP contribution in [0.3, 0.4) is 0 Å². The molecule has 80 heavy (non-hydrogen) atoms. The van der Waals surface area contributed by atoms with Gasteiger partial charge in [-0.1, -0.05) is 246 Å². The van der Waals surface area contributed by atoms with E-state index in [9.17, 15) is 35.5 Å². The van der Waals surface area contributed by atoms with E-state index in [4.69, 9.17) is 12.6 Å². The Morgan fingerprint density at radius 2 is 0.575 bits per heavy atom. The zero-order valence-corrected chi connectivity index (χ0v) is 46.8. The molecule has 0 spiro atoms. The van der Waals surface area contributed by atoms with Gasteiger partial charge in [-0.2, -0.15) is 8.42 Å². The highest BCUT2D eigenvalue weighted by atomic mass is 32.2. The first-order valence-electron chi connectivity index (χ1n) is 25.7. The van der Waals surface area contributed by atoms with Crippen LogP contribution >= 0.6 is 0 Å². The highest BCUT2D eigenvalue weighted by molar-refractivity contribution is 7.86. The molecule has 0 heterocycles. The smallest absolute Gasteiger partial charge is 0.425 e. The van der Waals surface area contributed by atoms with Crippen molar-refractivity contribution in [2.75, 3.05) is 0 Å². The van der Waals surface area contributed by atoms with E-state index in [1.54, 1.807) is 12.1 Å². The zero-order valence-electron chi connectivity index (χ0n) is 44.3. The van der Waals surface area contributed by atoms with Gasteiger partial charge in [-0.3, -0.25) is 14.1 Å². The first-order valence-corrected chi connectivity index (χ1v) is 29.5. The van der Waals surface area contributed by atoms with Crippen LogP contribution in [-0.4, -0.2) is 50.1 Å². The van der Waals surface area contributed by atoms with Gasteiger partial charge in [0.2, 0.25) is 0 Å². The summed E-state index contributed by atoms with van der Waals surface area (Å²) in [5, 5.41) is 0. The number of rotatable bonds is 13. The summed E-state index contributed by atoms with van der Waals surface area (Å²) < 4.78 is 92.3. The highest BCUT2D eigenvalue weighted by Gasteiger charge is 2.37. The second-order valence-corrected chi connectivity index (χ2v) is 21.8. The van der Waals surface area contributed by atoms with Crippen molar-refractivity contribution in [1.29, 1.82) is 0 Å². The molecule has 0 radical (unpaired) electrons. The lowest BCUT2D eigenvalue weighted by Crippen LogP contribution is -2.03. The predicted molar refractivity (Wildman–Crippen MR) is 315 cm³/mol. The second kappa shape index (κ2) is 26.9. The number of carbonyl (C=O) groups excluding carboxylic acids is 2. The third kappa shape index (κ3) is 14.2. The van der Waals surface area contributed by atoms with E-state index in [2.05, 4.69) is 20.8 Å². The van der Waals surface area contributed by atoms with E-state index in [0.717, 1.165) is 67.2 Å². The summed E-state index contributed by atoms with van der Waals surface area (Å²) in [5.74, 6) is 0.702. The van der Waals surface area contributed by atoms with Gasteiger partial charge in [-0.15, -0.1) is 12.6 Å². The van der Waals surface area contributed by atoms with Crippen molar-refractivity contribution >= 4 is 87.0 Å². The average molecular weight is 1120 g/mol. The fourth-order valence-electron chi connectivity index (χ4n) is 9.65. The van der Waals surface area contributed by atoms with E-state index in [1.165, 1.54) is 55.7 Å². The van der Waals surface area contributed by atoms with Gasteiger partial charge >= 0.3 is 10.6 Å². The van der Waals surface area contributed by atoms with E-state index >= 15 is 0 Å². The topological polar surface area (TPSA) is 197 Å². The van der Waals surface area contributed by atoms with Crippen LogP contribution in [0, 0.1) is 12.8 Å². The maximum absolute atomic E-state index is 14.1. The minimum atomic E-state index is -4.60. The normalized spacial score (nSPS) is 13.3. The van der Waals surface area contributed by atoms with Crippen LogP contribution in [0.1, 0.15) is 90.1 Å². The minimum Gasteiger partial charge on any atom is -0.744 e. The summed E-state index contributed by atoms with van der Waals surface area (Å²) in [5.41, 5.74) is 12.8. The van der Waals surface area contributed by atoms with Crippen molar-refractivity contribution in [2.45, 2.75) is 56.7 Å². The molecule has 0 saturated heterocycles. The summed E-state index contributed by atoms with van der Waals surface area (Å²) in [4.78, 5) is 27.7. The molecule has 8 aromatic rings. The van der Waals surface area contributed by atoms with Crippen molar-refractivity contribution in [1.82, 2.24) is 0 Å². The van der Waals surface area contributed by atoms with Crippen LogP contribution in [0.5, 0.6) is 0 Å². The molecule has 0 saturated carbocycles. The fourth-order valence-corrected chi connectivity index (χ4v) is 10.6. The molecule has 0 fully saturated rings. The molecule has 0 unspecified atom stereocenters. The Labute approximate surface area is 469 Å². The number of aryl methyl sites for hydroxylation is 1. The number of benzene rings is 8. The van der Waals surface area contributed by atoms with E-state index in [-0.39, 0.29) is 21.4 Å². The van der Waals surface area contributed by atoms with Gasteiger partial charge < -0.3 is 4.55 Å². The average Bonchev–Trinajstić information content (AvgIpc) is 4.20. The summed E-state index contributed by atoms with van der Waals surface area (Å²) in [6.45, 7) is 8.78. The summed E-state index contributed by atoms with van der Waals surface area (Å²) in [6, 6.07) is 67.7. The Morgan fingerprint density at radius 3 is 0.787 bits per heavy atom. The molecule has 0 amide bonds. The standard InChI is InChI=1S/C30H22O4S.C29H20O4S.C7H16.O3S/c1-20-12-14-23(15-13-20)28-26(21-8-4-2-5-9-21)27(22-10-6-3-7-11-22)29(30(28)31)24-16-18-25(19-17-24)35(32,33)34;30-29-27(22-14-8-3-9-15-22)25(20-10-4-1-5-11-20)26(21-12-6-2-7-13-21)28(29)23-16-18-24(19-17-23)34(31,32)33;1-4-7(5-2)6-3;1-4(2)3/h2-19H,1H3,(H,32,33,34);1-19H,(H,31,32,33);7H,4-6H2,1-3H3;/p-1. The number of hydrogen-bond acceptors (Lipinski definition) is 10. The van der Waals surface area contributed by atoms with E-state index in [0.29, 0.717) is 33.4 Å². The molecule has 2 aliphatic rings. The van der Waals surface area contributed by atoms with Crippen molar-refractivity contribution < 1.29 is 48.2 Å². The first-order chi connectivity index (χ1) is 38.4. The molecule has 0 aliphatic heterocycles. The van der Waals surface area contributed by atoms with Crippen molar-refractivity contribution in [2.24, 2.45) is 5.92 Å². The van der Waals surface area contributed by atoms with Gasteiger partial charge in [-0.05, 0) is 81.6 Å². The number of ketones is 2. The van der Waals surface area contributed by atoms with Crippen LogP contribution in [0.15, 0.2) is 234 Å². The third-order valence-electron chi connectivity index (χ3n) is 13.7. The van der Waals surface area contributed by atoms with Crippen LogP contribution in [0.2, 0.25) is 0 Å². The first kappa shape index (κ1) is 59.2. The van der Waals surface area contributed by atoms with Crippen LogP contribution in [0.25, 0.3) is 44.6 Å². The Morgan fingerprint density at radius 1 is 0.362 bits per heavy atom. The van der Waals surface area contributed by atoms with Crippen molar-refractivity contribution in [3.05, 3.63) is 275 Å². The van der Waals surface area contributed by atoms with Crippen molar-refractivity contribution in [3.63, 3.8) is 0 Å². The molecule has 0 atom stereocenters. The van der Waals surface area contributed by atoms with Gasteiger partial charge in [0.15, 0.2) is 11.6 Å². The van der Waals surface area contributed by atoms with Gasteiger partial charge in [0, 0.05) is 44.6 Å². The van der Waals surface area contributed by atoms with Gasteiger partial charge in [0.05, 0.1) is 9.79 Å². The predicted octanol–water partition coefficient (Wildman–Crippen LogP) is 13.9. The molecule has 2 aliphatic carbocycles. The van der Waals surface area contributed by atoms with Crippen LogP contribution < -0.4 is 0 Å². The molecule has 10 rings (SSSR count). The quantitative estimate of drug-likeness (QED) is 0.108. The Kier molecular flexibility index (Phi) is 19.9.